The summed E-state index contributed by atoms with van der Waals surface area (Å²) in [6, 6.07) is 0. The normalized spacial score (nSPS) is 8.60. The number of rotatable bonds is 4. The molecule has 0 aliphatic heterocycles. The van der Waals surface area contributed by atoms with Gasteiger partial charge in [0.15, 0.2) is 0 Å². The van der Waals surface area contributed by atoms with Gasteiger partial charge < -0.3 is 14.9 Å². The Morgan fingerprint density at radius 3 is 2.07 bits per heavy atom. The first-order valence-electron chi connectivity index (χ1n) is 3.78. The van der Waals surface area contributed by atoms with E-state index in [0.29, 0.717) is 6.08 Å². The van der Waals surface area contributed by atoms with E-state index in [1.54, 1.807) is 0 Å². The lowest BCUT2D eigenvalue weighted by Gasteiger charge is -1.93. The summed E-state index contributed by atoms with van der Waals surface area (Å²) >= 11 is 0. The first-order chi connectivity index (χ1) is 6.90. The van der Waals surface area contributed by atoms with Crippen molar-refractivity contribution in [1.82, 2.24) is 0 Å². The fourth-order valence-electron chi connectivity index (χ4n) is 0.329. The van der Waals surface area contributed by atoms with Crippen molar-refractivity contribution in [3.63, 3.8) is 0 Å². The van der Waals surface area contributed by atoms with Crippen molar-refractivity contribution in [2.45, 2.75) is 6.92 Å². The Hall–Kier alpha value is -2.11. The highest BCUT2D eigenvalue weighted by atomic mass is 16.5. The Kier molecular flexibility index (Phi) is 10.2. The predicted octanol–water partition coefficient (Wildman–Crippen LogP) is 0.447. The lowest BCUT2D eigenvalue weighted by Crippen LogP contribution is -2.01. The van der Waals surface area contributed by atoms with Crippen molar-refractivity contribution >= 4 is 17.9 Å². The zero-order chi connectivity index (χ0) is 12.3. The average molecular weight is 216 g/mol. The zero-order valence-electron chi connectivity index (χ0n) is 8.17. The average Bonchev–Trinajstić information content (AvgIpc) is 2.10. The van der Waals surface area contributed by atoms with Crippen LogP contribution in [0, 0.1) is 0 Å². The highest BCUT2D eigenvalue weighted by molar-refractivity contribution is 5.90. The van der Waals surface area contributed by atoms with Crippen molar-refractivity contribution in [2.24, 2.45) is 0 Å². The van der Waals surface area contributed by atoms with E-state index >= 15 is 0 Å². The van der Waals surface area contributed by atoms with Gasteiger partial charge in [-0.15, -0.1) is 0 Å². The molecule has 0 aliphatic rings. The second kappa shape index (κ2) is 9.97. The second-order valence-electron chi connectivity index (χ2n) is 2.11. The lowest BCUT2D eigenvalue weighted by molar-refractivity contribution is -0.137. The van der Waals surface area contributed by atoms with E-state index in [2.05, 4.69) is 11.3 Å². The van der Waals surface area contributed by atoms with Gasteiger partial charge in [-0.1, -0.05) is 12.7 Å². The number of hydrogen-bond acceptors (Lipinski definition) is 4. The Balaban J connectivity index is 0. The smallest absolute Gasteiger partial charge is 0.331 e. The van der Waals surface area contributed by atoms with Crippen LogP contribution in [0.15, 0.2) is 24.8 Å². The molecule has 0 radical (unpaired) electrons. The molecule has 0 aromatic carbocycles. The zero-order valence-corrected chi connectivity index (χ0v) is 8.17. The molecule has 0 spiro atoms. The monoisotopic (exact) mass is 216 g/mol. The molecule has 15 heavy (non-hydrogen) atoms. The van der Waals surface area contributed by atoms with Crippen LogP contribution in [0.5, 0.6) is 0 Å². The highest BCUT2D eigenvalue weighted by Gasteiger charge is 1.94. The van der Waals surface area contributed by atoms with Gasteiger partial charge in [-0.05, 0) is 0 Å². The minimum atomic E-state index is -1.18. The van der Waals surface area contributed by atoms with Crippen LogP contribution in [0.3, 0.4) is 0 Å². The van der Waals surface area contributed by atoms with Crippen LogP contribution in [-0.2, 0) is 19.1 Å². The summed E-state index contributed by atoms with van der Waals surface area (Å²) in [5.41, 5.74) is 0. The van der Waals surface area contributed by atoms with Crippen molar-refractivity contribution in [1.29, 1.82) is 0 Å². The number of hydrogen-bond donors (Lipinski definition) is 2. The summed E-state index contributed by atoms with van der Waals surface area (Å²) in [6.07, 6.45) is 2.95. The Morgan fingerprint density at radius 1 is 1.27 bits per heavy atom. The summed E-state index contributed by atoms with van der Waals surface area (Å²) in [7, 11) is 0. The molecule has 0 aliphatic carbocycles. The minimum Gasteiger partial charge on any atom is -0.481 e. The molecule has 0 aromatic rings. The quantitative estimate of drug-likeness (QED) is 0.402. The Labute approximate surface area is 86.5 Å². The molecule has 84 valence electrons. The maximum absolute atomic E-state index is 10.5. The van der Waals surface area contributed by atoms with Gasteiger partial charge in [0.05, 0.1) is 0 Å². The topological polar surface area (TPSA) is 101 Å². The van der Waals surface area contributed by atoms with E-state index in [1.807, 2.05) is 0 Å². The number of carboxylic acid groups (broad SMARTS) is 2. The van der Waals surface area contributed by atoms with Gasteiger partial charge in [0.1, 0.15) is 6.61 Å². The predicted molar refractivity (Wildman–Crippen MR) is 51.2 cm³/mol. The number of carbonyl (C=O) groups excluding carboxylic acids is 1. The second-order valence-corrected chi connectivity index (χ2v) is 2.11. The van der Waals surface area contributed by atoms with E-state index in [0.717, 1.165) is 13.0 Å². The van der Waals surface area contributed by atoms with Crippen molar-refractivity contribution in [2.75, 3.05) is 6.61 Å². The molecule has 2 N–H and O–H groups in total. The molecule has 0 bridgehead atoms. The van der Waals surface area contributed by atoms with Gasteiger partial charge in [-0.2, -0.15) is 0 Å². The first-order valence-corrected chi connectivity index (χ1v) is 3.78. The van der Waals surface area contributed by atoms with Gasteiger partial charge in [0.25, 0.3) is 5.97 Å². The van der Waals surface area contributed by atoms with Gasteiger partial charge in [0.2, 0.25) is 0 Å². The van der Waals surface area contributed by atoms with Crippen LogP contribution >= 0.6 is 0 Å². The summed E-state index contributed by atoms with van der Waals surface area (Å²) in [4.78, 5) is 29.3. The van der Waals surface area contributed by atoms with E-state index in [9.17, 15) is 9.59 Å². The van der Waals surface area contributed by atoms with E-state index in [4.69, 9.17) is 15.0 Å². The van der Waals surface area contributed by atoms with E-state index in [-0.39, 0.29) is 6.61 Å². The summed E-state index contributed by atoms with van der Waals surface area (Å²) in [5.74, 6) is -2.70. The third-order valence-corrected chi connectivity index (χ3v) is 0.705. The number of esters is 1. The van der Waals surface area contributed by atoms with Gasteiger partial charge >= 0.3 is 11.9 Å². The lowest BCUT2D eigenvalue weighted by atomic mass is 10.5. The molecule has 0 fully saturated rings. The SMILES string of the molecule is C=CCOC(=O)/C=C\C(=O)O.CC(=O)O. The number of carbonyl (C=O) groups is 3. The fraction of sp³-hybridized carbons (Fsp3) is 0.222. The molecule has 0 heterocycles. The van der Waals surface area contributed by atoms with Crippen LogP contribution in [0.1, 0.15) is 6.92 Å². The minimum absolute atomic E-state index is 0.0861. The molecule has 0 amide bonds. The number of aliphatic carboxylic acids is 2. The van der Waals surface area contributed by atoms with Crippen LogP contribution in [0.4, 0.5) is 0 Å². The summed E-state index contributed by atoms with van der Waals surface area (Å²) in [5, 5.41) is 15.5. The summed E-state index contributed by atoms with van der Waals surface area (Å²) < 4.78 is 4.43. The third kappa shape index (κ3) is 24.5. The number of ether oxygens (including phenoxy) is 1. The Morgan fingerprint density at radius 2 is 1.73 bits per heavy atom. The molecule has 0 aromatic heterocycles. The molecule has 6 heteroatoms. The van der Waals surface area contributed by atoms with Crippen molar-refractivity contribution in [3.05, 3.63) is 24.8 Å². The molecule has 6 nitrogen and oxygen atoms in total. The maximum Gasteiger partial charge on any atom is 0.331 e. The van der Waals surface area contributed by atoms with Crippen LogP contribution in [0.2, 0.25) is 0 Å². The molecular formula is C9H12O6. The fourth-order valence-corrected chi connectivity index (χ4v) is 0.329. The molecule has 0 unspecified atom stereocenters. The molecule has 0 rings (SSSR count). The van der Waals surface area contributed by atoms with Gasteiger partial charge in [-0.3, -0.25) is 4.79 Å². The van der Waals surface area contributed by atoms with Crippen LogP contribution < -0.4 is 0 Å². The Bertz CT molecular complexity index is 262. The largest absolute Gasteiger partial charge is 0.481 e. The molecular weight excluding hydrogens is 204 g/mol. The molecule has 0 saturated carbocycles. The molecule has 0 saturated heterocycles. The van der Waals surface area contributed by atoms with Crippen LogP contribution in [0.25, 0.3) is 0 Å². The van der Waals surface area contributed by atoms with E-state index in [1.165, 1.54) is 6.08 Å². The van der Waals surface area contributed by atoms with Gasteiger partial charge in [-0.25, -0.2) is 9.59 Å². The van der Waals surface area contributed by atoms with Crippen LogP contribution in [-0.4, -0.2) is 34.7 Å². The third-order valence-electron chi connectivity index (χ3n) is 0.705. The van der Waals surface area contributed by atoms with E-state index < -0.39 is 17.9 Å². The first kappa shape index (κ1) is 15.4. The standard InChI is InChI=1S/C7H8O4.C2H4O2/c1-2-5-11-7(10)4-3-6(8)9;1-2(3)4/h2-4H,1,5H2,(H,8,9);1H3,(H,3,4)/b4-3-;. The highest BCUT2D eigenvalue weighted by Crippen LogP contribution is 1.81. The molecule has 0 atom stereocenters. The van der Waals surface area contributed by atoms with Crippen molar-refractivity contribution < 1.29 is 29.3 Å². The van der Waals surface area contributed by atoms with Crippen molar-refractivity contribution in [3.8, 4) is 0 Å². The summed E-state index contributed by atoms with van der Waals surface area (Å²) in [6.45, 7) is 4.48. The maximum atomic E-state index is 10.5. The number of carboxylic acids is 2. The van der Waals surface area contributed by atoms with Gasteiger partial charge in [0, 0.05) is 19.1 Å².